The van der Waals surface area contributed by atoms with Crippen LogP contribution in [0.4, 0.5) is 11.4 Å². The Morgan fingerprint density at radius 1 is 0.485 bits per heavy atom. The molecule has 28 heteroatoms. The largest absolute Gasteiger partial charge is 0.391 e. The van der Waals surface area contributed by atoms with Gasteiger partial charge in [0.2, 0.25) is 11.2 Å². The number of anilines is 2. The van der Waals surface area contributed by atoms with Crippen LogP contribution in [0.3, 0.4) is 0 Å². The normalized spacial score (nSPS) is 14.9. The number of carbonyl (C=O) groups is 6. The second kappa shape index (κ2) is 29.8. The van der Waals surface area contributed by atoms with Crippen LogP contribution in [0.1, 0.15) is 61.3 Å². The summed E-state index contributed by atoms with van der Waals surface area (Å²) < 4.78 is 25.3. The number of rotatable bonds is 29. The Hall–Kier alpha value is -0.760. The molecule has 22 nitrogen and oxygen atoms in total. The number of carbonyl (C=O) groups excluding carboxylic acids is 6. The fourth-order valence-electron chi connectivity index (χ4n) is 5.01. The molecule has 2 aromatic carbocycles. The van der Waals surface area contributed by atoms with Crippen molar-refractivity contribution in [1.29, 1.82) is 0 Å². The molecule has 4 unspecified atom stereocenters. The average Bonchev–Trinajstić information content (AvgIpc) is 3.25. The molecule has 0 aliphatic heterocycles. The smallest absolute Gasteiger partial charge is 0.265 e. The van der Waals surface area contributed by atoms with Gasteiger partial charge in [-0.2, -0.15) is 0 Å². The molecule has 0 aromatic heterocycles. The molecular formula is C40H54I6N6O16. The number of aliphatic hydroxyl groups is 6. The molecular weight excluding hydrogens is 1580 g/mol. The number of benzene rings is 2. The lowest BCUT2D eigenvalue weighted by Crippen LogP contribution is -2.60. The molecule has 0 aliphatic carbocycles. The van der Waals surface area contributed by atoms with Gasteiger partial charge in [-0.1, -0.05) is 0 Å². The predicted molar refractivity (Wildman–Crippen MR) is 297 cm³/mol. The summed E-state index contributed by atoms with van der Waals surface area (Å²) in [6, 6.07) is 3.32. The maximum Gasteiger partial charge on any atom is 0.265 e. The molecule has 2 aromatic rings. The van der Waals surface area contributed by atoms with Crippen LogP contribution in [-0.2, 0) is 38.1 Å². The summed E-state index contributed by atoms with van der Waals surface area (Å²) in [6.45, 7) is 5.61. The van der Waals surface area contributed by atoms with E-state index in [0.717, 1.165) is 27.7 Å². The van der Waals surface area contributed by atoms with E-state index in [-0.39, 0.29) is 35.6 Å². The number of hydrogen-bond acceptors (Lipinski definition) is 16. The van der Waals surface area contributed by atoms with Gasteiger partial charge < -0.3 is 81.5 Å². The van der Waals surface area contributed by atoms with Gasteiger partial charge >= 0.3 is 0 Å². The van der Waals surface area contributed by atoms with E-state index in [1.54, 1.807) is 12.1 Å². The molecule has 0 heterocycles. The summed E-state index contributed by atoms with van der Waals surface area (Å²) >= 11 is 11.7. The molecule has 0 saturated carbocycles. The third-order valence-electron chi connectivity index (χ3n) is 9.04. The highest BCUT2D eigenvalue weighted by atomic mass is 127. The van der Waals surface area contributed by atoms with Gasteiger partial charge in [0.15, 0.2) is 11.4 Å². The second-order valence-corrected chi connectivity index (χ2v) is 22.1. The maximum absolute atomic E-state index is 13.2. The van der Waals surface area contributed by atoms with Gasteiger partial charge in [-0.3, -0.25) is 28.8 Å². The van der Waals surface area contributed by atoms with Crippen molar-refractivity contribution >= 4 is 182 Å². The van der Waals surface area contributed by atoms with Crippen molar-refractivity contribution in [3.63, 3.8) is 0 Å². The first kappa shape index (κ1) is 63.4. The van der Waals surface area contributed by atoms with Crippen LogP contribution >= 0.6 is 136 Å². The summed E-state index contributed by atoms with van der Waals surface area (Å²) in [5.41, 5.74) is -8.42. The molecule has 12 N–H and O–H groups in total. The molecule has 0 spiro atoms. The standard InChI is InChI=1S/C40H54I6N6O16/c1-37(61,19-53)51-35(59)39(3,63)33(57)49-29-23(43)17-21(41)25(27(29)45)31(55)47-7-5-9-65-11-13-67-15-16-68-14-12-66-10-6-8-48-32(56)26-22(42)18-24(44)30(28(26)46)50-34(58)40(4,64)36(60)52-38(2,62)20-54/h17-18,53-54,61-64H,5-16,19-20H2,1-4H3,(H,47,55)(H,48,56)(H,49,57)(H,50,58)(H,51,59)(H,52,60). The van der Waals surface area contributed by atoms with Crippen LogP contribution < -0.4 is 31.9 Å². The molecule has 0 aliphatic rings. The minimum Gasteiger partial charge on any atom is -0.391 e. The number of aliphatic hydroxyl groups excluding tert-OH is 2. The topological polar surface area (TPSA) is 333 Å². The zero-order valence-electron chi connectivity index (χ0n) is 37.1. The Balaban J connectivity index is 1.63. The molecule has 4 atom stereocenters. The molecule has 6 amide bonds. The first-order valence-corrected chi connectivity index (χ1v) is 26.7. The van der Waals surface area contributed by atoms with E-state index in [2.05, 4.69) is 21.3 Å². The van der Waals surface area contributed by atoms with Gasteiger partial charge in [0.25, 0.3) is 35.4 Å². The van der Waals surface area contributed by atoms with Gasteiger partial charge in [0, 0.05) is 40.6 Å². The third-order valence-corrected chi connectivity index (χ3v) is 14.6. The van der Waals surface area contributed by atoms with E-state index in [1.165, 1.54) is 0 Å². The maximum atomic E-state index is 13.2. The number of hydrogen-bond donors (Lipinski definition) is 12. The third kappa shape index (κ3) is 19.9. The first-order valence-electron chi connectivity index (χ1n) is 20.3. The fourth-order valence-corrected chi connectivity index (χ4v) is 13.3. The monoisotopic (exact) mass is 1640 g/mol. The second-order valence-electron chi connectivity index (χ2n) is 15.3. The molecule has 382 valence electrons. The van der Waals surface area contributed by atoms with Crippen molar-refractivity contribution in [2.75, 3.05) is 89.8 Å². The minimum absolute atomic E-state index is 0.205. The van der Waals surface area contributed by atoms with E-state index in [9.17, 15) is 59.4 Å². The molecule has 0 fully saturated rings. The van der Waals surface area contributed by atoms with E-state index in [1.807, 2.05) is 146 Å². The van der Waals surface area contributed by atoms with Crippen molar-refractivity contribution in [3.05, 3.63) is 44.7 Å². The van der Waals surface area contributed by atoms with Gasteiger partial charge in [-0.25, -0.2) is 0 Å². The zero-order chi connectivity index (χ0) is 51.6. The van der Waals surface area contributed by atoms with E-state index < -0.39 is 71.3 Å². The van der Waals surface area contributed by atoms with Crippen LogP contribution in [0, 0.1) is 21.4 Å². The molecule has 2 rings (SSSR count). The van der Waals surface area contributed by atoms with Gasteiger partial charge in [0.05, 0.1) is 82.5 Å². The summed E-state index contributed by atoms with van der Waals surface area (Å²) in [4.78, 5) is 77.2. The Labute approximate surface area is 474 Å². The Morgan fingerprint density at radius 2 is 0.779 bits per heavy atom. The molecule has 0 radical (unpaired) electrons. The minimum atomic E-state index is -2.63. The lowest BCUT2D eigenvalue weighted by molar-refractivity contribution is -0.155. The number of nitrogens with one attached hydrogen (secondary N) is 6. The number of amides is 6. The lowest BCUT2D eigenvalue weighted by atomic mass is 10.0. The van der Waals surface area contributed by atoms with Crippen molar-refractivity contribution in [2.45, 2.75) is 63.2 Å². The van der Waals surface area contributed by atoms with Crippen LogP contribution in [0.5, 0.6) is 0 Å². The number of ether oxygens (including phenoxy) is 4. The van der Waals surface area contributed by atoms with E-state index in [4.69, 9.17) is 18.9 Å². The fraction of sp³-hybridized carbons (Fsp3) is 0.550. The van der Waals surface area contributed by atoms with Crippen LogP contribution in [0.2, 0.25) is 0 Å². The quantitative estimate of drug-likeness (QED) is 0.0237. The summed E-state index contributed by atoms with van der Waals surface area (Å²) in [7, 11) is 0. The van der Waals surface area contributed by atoms with Crippen molar-refractivity contribution in [2.24, 2.45) is 0 Å². The SMILES string of the molecule is CC(O)(CO)NC(=O)C(C)(O)C(=O)Nc1c(I)cc(I)c(C(=O)NCCCOCCOCCOCCOCCCNC(=O)c2c(I)cc(I)c(NC(=O)C(C)(O)C(=O)NC(C)(O)CO)c2I)c1I. The lowest BCUT2D eigenvalue weighted by Gasteiger charge is -2.28. The van der Waals surface area contributed by atoms with Crippen molar-refractivity contribution in [3.8, 4) is 0 Å². The van der Waals surface area contributed by atoms with Gasteiger partial charge in [-0.15, -0.1) is 0 Å². The molecule has 0 bridgehead atoms. The highest BCUT2D eigenvalue weighted by Gasteiger charge is 2.43. The first-order chi connectivity index (χ1) is 31.6. The van der Waals surface area contributed by atoms with Crippen molar-refractivity contribution in [1.82, 2.24) is 21.3 Å². The predicted octanol–water partition coefficient (Wildman–Crippen LogP) is 1.33. The Bertz CT molecular complexity index is 1970. The van der Waals surface area contributed by atoms with E-state index in [0.29, 0.717) is 87.1 Å². The zero-order valence-corrected chi connectivity index (χ0v) is 50.0. The summed E-state index contributed by atoms with van der Waals surface area (Å²) in [5, 5.41) is 74.2. The highest BCUT2D eigenvalue weighted by Crippen LogP contribution is 2.34. The summed E-state index contributed by atoms with van der Waals surface area (Å²) in [5.74, 6) is -5.52. The Kier molecular flexibility index (Phi) is 27.8. The van der Waals surface area contributed by atoms with E-state index >= 15 is 0 Å². The van der Waals surface area contributed by atoms with Gasteiger partial charge in [0.1, 0.15) is 0 Å². The molecule has 0 saturated heterocycles. The van der Waals surface area contributed by atoms with Crippen LogP contribution in [0.25, 0.3) is 0 Å². The van der Waals surface area contributed by atoms with Gasteiger partial charge in [-0.05, 0) is 188 Å². The number of halogens is 6. The summed E-state index contributed by atoms with van der Waals surface area (Å²) in [6.07, 6.45) is 1.00. The highest BCUT2D eigenvalue weighted by molar-refractivity contribution is 14.1. The average molecular weight is 1640 g/mol. The molecule has 68 heavy (non-hydrogen) atoms. The Morgan fingerprint density at radius 3 is 1.07 bits per heavy atom. The van der Waals surface area contributed by atoms with Crippen LogP contribution in [-0.4, -0.2) is 168 Å². The van der Waals surface area contributed by atoms with Crippen molar-refractivity contribution < 1.29 is 78.4 Å². The van der Waals surface area contributed by atoms with Crippen LogP contribution in [0.15, 0.2) is 12.1 Å².